The number of likely N-dealkylation sites (tertiary alicyclic amines) is 1. The van der Waals surface area contributed by atoms with Gasteiger partial charge >= 0.3 is 5.97 Å². The van der Waals surface area contributed by atoms with Gasteiger partial charge in [-0.05, 0) is 27.2 Å². The molecule has 0 radical (unpaired) electrons. The Kier molecular flexibility index (Phi) is 3.14. The Morgan fingerprint density at radius 1 is 1.57 bits per heavy atom. The molecule has 1 heterocycles. The highest BCUT2D eigenvalue weighted by molar-refractivity contribution is 7.80. The van der Waals surface area contributed by atoms with Gasteiger partial charge in [0, 0.05) is 13.5 Å². The van der Waals surface area contributed by atoms with Gasteiger partial charge < -0.3 is 9.64 Å². The normalized spacial score (nSPS) is 22.7. The molecule has 0 spiro atoms. The fourth-order valence-electron chi connectivity index (χ4n) is 1.45. The van der Waals surface area contributed by atoms with Crippen LogP contribution < -0.4 is 0 Å². The highest BCUT2D eigenvalue weighted by atomic mass is 32.1. The first-order chi connectivity index (χ1) is 6.31. The first-order valence-corrected chi connectivity index (χ1v) is 5.20. The molecule has 1 saturated heterocycles. The van der Waals surface area contributed by atoms with E-state index in [4.69, 9.17) is 17.0 Å². The predicted molar refractivity (Wildman–Crippen MR) is 59.2 cm³/mol. The van der Waals surface area contributed by atoms with Gasteiger partial charge in [0.25, 0.3) is 0 Å². The number of nitrogens with zero attached hydrogens (tertiary/aromatic N) is 1. The van der Waals surface area contributed by atoms with E-state index >= 15 is 0 Å². The molecule has 0 bridgehead atoms. The van der Waals surface area contributed by atoms with Gasteiger partial charge in [-0.15, -0.1) is 0 Å². The SMILES string of the molecule is CN1C(=S)CC[C@H]1C(=O)OC(C)(C)C. The Bertz CT molecular complexity index is 257. The van der Waals surface area contributed by atoms with Crippen LogP contribution in [0.2, 0.25) is 0 Å². The van der Waals surface area contributed by atoms with E-state index in [2.05, 4.69) is 0 Å². The largest absolute Gasteiger partial charge is 0.458 e. The smallest absolute Gasteiger partial charge is 0.329 e. The molecule has 4 heteroatoms. The quantitative estimate of drug-likeness (QED) is 0.492. The van der Waals surface area contributed by atoms with E-state index in [0.29, 0.717) is 0 Å². The number of likely N-dealkylation sites (N-methyl/N-ethyl adjacent to an activating group) is 1. The van der Waals surface area contributed by atoms with Gasteiger partial charge in [0.2, 0.25) is 0 Å². The van der Waals surface area contributed by atoms with Crippen LogP contribution in [-0.2, 0) is 9.53 Å². The molecule has 1 fully saturated rings. The molecule has 1 aliphatic heterocycles. The fourth-order valence-corrected chi connectivity index (χ4v) is 1.69. The molecule has 0 aromatic carbocycles. The minimum absolute atomic E-state index is 0.167. The summed E-state index contributed by atoms with van der Waals surface area (Å²) >= 11 is 5.10. The maximum absolute atomic E-state index is 11.7. The first-order valence-electron chi connectivity index (χ1n) is 4.80. The van der Waals surface area contributed by atoms with Crippen molar-refractivity contribution in [1.82, 2.24) is 4.90 Å². The second-order valence-electron chi connectivity index (χ2n) is 4.59. The van der Waals surface area contributed by atoms with Crippen LogP contribution in [0.4, 0.5) is 0 Å². The molecule has 0 aromatic rings. The highest BCUT2D eigenvalue weighted by Crippen LogP contribution is 2.21. The molecular weight excluding hydrogens is 198 g/mol. The molecule has 0 aliphatic carbocycles. The zero-order chi connectivity index (χ0) is 10.9. The third kappa shape index (κ3) is 2.67. The van der Waals surface area contributed by atoms with Crippen LogP contribution in [0.25, 0.3) is 0 Å². The lowest BCUT2D eigenvalue weighted by Crippen LogP contribution is -2.39. The van der Waals surface area contributed by atoms with E-state index in [9.17, 15) is 4.79 Å². The average molecular weight is 215 g/mol. The Morgan fingerprint density at radius 2 is 2.14 bits per heavy atom. The number of thiocarbonyl (C=S) groups is 1. The molecule has 1 rings (SSSR count). The summed E-state index contributed by atoms with van der Waals surface area (Å²) < 4.78 is 5.30. The van der Waals surface area contributed by atoms with E-state index in [1.165, 1.54) is 0 Å². The molecule has 0 N–H and O–H groups in total. The van der Waals surface area contributed by atoms with E-state index in [-0.39, 0.29) is 12.0 Å². The van der Waals surface area contributed by atoms with Crippen molar-refractivity contribution in [2.24, 2.45) is 0 Å². The lowest BCUT2D eigenvalue weighted by atomic mass is 10.1. The molecule has 0 aromatic heterocycles. The van der Waals surface area contributed by atoms with Gasteiger partial charge in [-0.3, -0.25) is 0 Å². The summed E-state index contributed by atoms with van der Waals surface area (Å²) in [5.74, 6) is -0.167. The Labute approximate surface area is 90.4 Å². The van der Waals surface area contributed by atoms with E-state index in [0.717, 1.165) is 17.8 Å². The second kappa shape index (κ2) is 3.85. The number of hydrogen-bond acceptors (Lipinski definition) is 3. The molecule has 80 valence electrons. The number of hydrogen-bond donors (Lipinski definition) is 0. The van der Waals surface area contributed by atoms with Gasteiger partial charge in [0.05, 0.1) is 4.99 Å². The number of ether oxygens (including phenoxy) is 1. The summed E-state index contributed by atoms with van der Waals surface area (Å²) in [6.07, 6.45) is 1.60. The summed E-state index contributed by atoms with van der Waals surface area (Å²) in [5, 5.41) is 0. The zero-order valence-corrected chi connectivity index (χ0v) is 9.98. The summed E-state index contributed by atoms with van der Waals surface area (Å²) in [6.45, 7) is 5.62. The summed E-state index contributed by atoms with van der Waals surface area (Å²) in [6, 6.07) is -0.179. The fraction of sp³-hybridized carbons (Fsp3) is 0.800. The molecule has 3 nitrogen and oxygen atoms in total. The van der Waals surface area contributed by atoms with Crippen LogP contribution in [0.3, 0.4) is 0 Å². The molecule has 0 unspecified atom stereocenters. The van der Waals surface area contributed by atoms with Crippen molar-refractivity contribution in [2.45, 2.75) is 45.3 Å². The third-order valence-electron chi connectivity index (χ3n) is 2.17. The molecule has 1 aliphatic rings. The van der Waals surface area contributed by atoms with Gasteiger partial charge in [0.1, 0.15) is 11.6 Å². The minimum Gasteiger partial charge on any atom is -0.458 e. The topological polar surface area (TPSA) is 29.5 Å². The first kappa shape index (κ1) is 11.4. The van der Waals surface area contributed by atoms with Gasteiger partial charge in [-0.2, -0.15) is 0 Å². The van der Waals surface area contributed by atoms with Gasteiger partial charge in [-0.1, -0.05) is 12.2 Å². The van der Waals surface area contributed by atoms with E-state index in [1.54, 1.807) is 0 Å². The van der Waals surface area contributed by atoms with Gasteiger partial charge in [0.15, 0.2) is 0 Å². The lowest BCUT2D eigenvalue weighted by Gasteiger charge is -2.25. The van der Waals surface area contributed by atoms with Crippen LogP contribution in [0.1, 0.15) is 33.6 Å². The van der Waals surface area contributed by atoms with Crippen molar-refractivity contribution >= 4 is 23.2 Å². The monoisotopic (exact) mass is 215 g/mol. The Hall–Kier alpha value is -0.640. The van der Waals surface area contributed by atoms with Crippen molar-refractivity contribution in [3.05, 3.63) is 0 Å². The molecule has 0 amide bonds. The van der Waals surface area contributed by atoms with Crippen molar-refractivity contribution < 1.29 is 9.53 Å². The highest BCUT2D eigenvalue weighted by Gasteiger charge is 2.33. The summed E-state index contributed by atoms with van der Waals surface area (Å²) in [7, 11) is 1.85. The van der Waals surface area contributed by atoms with Crippen molar-refractivity contribution in [3.63, 3.8) is 0 Å². The van der Waals surface area contributed by atoms with Crippen LogP contribution in [0.5, 0.6) is 0 Å². The maximum atomic E-state index is 11.7. The lowest BCUT2D eigenvalue weighted by molar-refractivity contribution is -0.159. The maximum Gasteiger partial charge on any atom is 0.329 e. The molecule has 14 heavy (non-hydrogen) atoms. The van der Waals surface area contributed by atoms with Crippen LogP contribution >= 0.6 is 12.2 Å². The Balaban J connectivity index is 2.58. The number of carbonyl (C=O) groups is 1. The molecule has 0 saturated carbocycles. The predicted octanol–water partition coefficient (Wildman–Crippen LogP) is 1.75. The van der Waals surface area contributed by atoms with Crippen molar-refractivity contribution in [3.8, 4) is 0 Å². The van der Waals surface area contributed by atoms with Gasteiger partial charge in [-0.25, -0.2) is 4.79 Å². The van der Waals surface area contributed by atoms with Crippen LogP contribution in [0.15, 0.2) is 0 Å². The number of rotatable bonds is 1. The molecule has 1 atom stereocenters. The van der Waals surface area contributed by atoms with Crippen LogP contribution in [0, 0.1) is 0 Å². The summed E-state index contributed by atoms with van der Waals surface area (Å²) in [4.78, 5) is 14.4. The van der Waals surface area contributed by atoms with E-state index < -0.39 is 5.60 Å². The van der Waals surface area contributed by atoms with Crippen LogP contribution in [-0.4, -0.2) is 34.5 Å². The van der Waals surface area contributed by atoms with Crippen molar-refractivity contribution in [2.75, 3.05) is 7.05 Å². The third-order valence-corrected chi connectivity index (χ3v) is 2.66. The number of carbonyl (C=O) groups excluding carboxylic acids is 1. The molecular formula is C10H17NO2S. The second-order valence-corrected chi connectivity index (χ2v) is 5.06. The minimum atomic E-state index is -0.415. The zero-order valence-electron chi connectivity index (χ0n) is 9.16. The Morgan fingerprint density at radius 3 is 2.50 bits per heavy atom. The van der Waals surface area contributed by atoms with Crippen molar-refractivity contribution in [1.29, 1.82) is 0 Å². The number of esters is 1. The summed E-state index contributed by atoms with van der Waals surface area (Å²) in [5.41, 5.74) is -0.415. The average Bonchev–Trinajstić information content (AvgIpc) is 2.29. The standard InChI is InChI=1S/C10H17NO2S/c1-10(2,3)13-9(12)7-5-6-8(14)11(7)4/h7H,5-6H2,1-4H3/t7-/m0/s1. The van der Waals surface area contributed by atoms with E-state index in [1.807, 2.05) is 32.7 Å².